The van der Waals surface area contributed by atoms with Crippen LogP contribution in [0.25, 0.3) is 5.69 Å². The molecule has 0 atom stereocenters. The van der Waals surface area contributed by atoms with Crippen LogP contribution in [-0.2, 0) is 9.24 Å². The van der Waals surface area contributed by atoms with Crippen LogP contribution >= 0.6 is 10.7 Å². The summed E-state index contributed by atoms with van der Waals surface area (Å²) in [6.07, 6.45) is 5.25. The lowest BCUT2D eigenvalue weighted by atomic mass is 10.2. The average molecular weight is 457 g/mol. The van der Waals surface area contributed by atoms with Gasteiger partial charge < -0.3 is 9.64 Å². The zero-order valence-electron chi connectivity index (χ0n) is 16.2. The summed E-state index contributed by atoms with van der Waals surface area (Å²) in [6.45, 7) is 1.08. The van der Waals surface area contributed by atoms with Crippen molar-refractivity contribution in [2.45, 2.75) is 31.8 Å². The van der Waals surface area contributed by atoms with Crippen molar-refractivity contribution in [1.29, 1.82) is 0 Å². The van der Waals surface area contributed by atoms with E-state index in [0.717, 1.165) is 30.4 Å². The fraction of sp³-hybridized carbons (Fsp3) is 0.474. The minimum atomic E-state index is -3.78. The van der Waals surface area contributed by atoms with E-state index in [9.17, 15) is 17.6 Å². The van der Waals surface area contributed by atoms with Crippen LogP contribution in [0, 0.1) is 5.82 Å². The number of benzene rings is 1. The van der Waals surface area contributed by atoms with Crippen molar-refractivity contribution in [3.8, 4) is 11.4 Å². The topological polar surface area (TPSA) is 84.7 Å². The fourth-order valence-electron chi connectivity index (χ4n) is 3.88. The Kier molecular flexibility index (Phi) is 5.99. The van der Waals surface area contributed by atoms with Crippen molar-refractivity contribution in [2.24, 2.45) is 0 Å². The van der Waals surface area contributed by atoms with Gasteiger partial charge in [-0.05, 0) is 43.9 Å². The molecule has 0 spiro atoms. The lowest BCUT2D eigenvalue weighted by Gasteiger charge is -2.34. The number of piperazine rings is 1. The molecule has 1 saturated carbocycles. The Morgan fingerprint density at radius 3 is 2.47 bits per heavy atom. The van der Waals surface area contributed by atoms with Gasteiger partial charge in [-0.2, -0.15) is 22.5 Å². The number of nitrogens with zero attached hydrogens (tertiary/aromatic N) is 4. The normalized spacial score (nSPS) is 18.7. The molecule has 2 aromatic rings. The first-order chi connectivity index (χ1) is 14.3. The molecule has 0 N–H and O–H groups in total. The maximum atomic E-state index is 13.7. The summed E-state index contributed by atoms with van der Waals surface area (Å²) in [5.41, 5.74) is 0.337. The van der Waals surface area contributed by atoms with E-state index in [4.69, 9.17) is 15.4 Å². The minimum absolute atomic E-state index is 0.0654. The fourth-order valence-corrected chi connectivity index (χ4v) is 4.89. The summed E-state index contributed by atoms with van der Waals surface area (Å²) in [5, 5.41) is 4.23. The third kappa shape index (κ3) is 4.45. The molecule has 1 aromatic heterocycles. The molecule has 4 rings (SSSR count). The average Bonchev–Trinajstić information content (AvgIpc) is 3.22. The Morgan fingerprint density at radius 1 is 1.13 bits per heavy atom. The van der Waals surface area contributed by atoms with Crippen LogP contribution < -0.4 is 15.2 Å². The van der Waals surface area contributed by atoms with Gasteiger partial charge in [0.1, 0.15) is 11.5 Å². The number of anilines is 1. The Hall–Kier alpha value is -2.17. The van der Waals surface area contributed by atoms with Crippen molar-refractivity contribution in [1.82, 2.24) is 14.1 Å². The molecular weight excluding hydrogens is 435 g/mol. The second-order valence-corrected chi connectivity index (χ2v) is 9.92. The van der Waals surface area contributed by atoms with Crippen molar-refractivity contribution in [2.75, 3.05) is 31.1 Å². The van der Waals surface area contributed by atoms with Gasteiger partial charge in [0.2, 0.25) is 5.75 Å². The first-order valence-corrected chi connectivity index (χ1v) is 12.1. The van der Waals surface area contributed by atoms with Gasteiger partial charge in [0.15, 0.2) is 0 Å². The van der Waals surface area contributed by atoms with Crippen LogP contribution in [0.4, 0.5) is 10.1 Å². The molecular formula is C19H22ClFN4O4S. The van der Waals surface area contributed by atoms with E-state index in [-0.39, 0.29) is 24.9 Å². The molecule has 0 radical (unpaired) electrons. The molecule has 30 heavy (non-hydrogen) atoms. The highest BCUT2D eigenvalue weighted by atomic mass is 35.7. The van der Waals surface area contributed by atoms with Gasteiger partial charge in [-0.25, -0.2) is 4.39 Å². The summed E-state index contributed by atoms with van der Waals surface area (Å²) < 4.78 is 45.2. The summed E-state index contributed by atoms with van der Waals surface area (Å²) >= 11 is 0. The predicted octanol–water partition coefficient (Wildman–Crippen LogP) is 2.30. The monoisotopic (exact) mass is 456 g/mol. The molecule has 0 bridgehead atoms. The highest BCUT2D eigenvalue weighted by molar-refractivity contribution is 8.11. The van der Waals surface area contributed by atoms with Gasteiger partial charge in [0, 0.05) is 36.9 Å². The van der Waals surface area contributed by atoms with Crippen LogP contribution in [-0.4, -0.2) is 54.8 Å². The first kappa shape index (κ1) is 21.1. The molecule has 162 valence electrons. The zero-order valence-corrected chi connectivity index (χ0v) is 17.8. The van der Waals surface area contributed by atoms with Crippen LogP contribution in [0.2, 0.25) is 0 Å². The SMILES string of the molecule is O=c1c(OC2CCCC2)c(N2CCN(S(=O)(=O)Cl)CC2)cnn1-c1cccc(F)c1. The summed E-state index contributed by atoms with van der Waals surface area (Å²) in [4.78, 5) is 15.1. The summed E-state index contributed by atoms with van der Waals surface area (Å²) in [5.74, 6) is -0.315. The van der Waals surface area contributed by atoms with E-state index < -0.39 is 20.6 Å². The first-order valence-electron chi connectivity index (χ1n) is 9.82. The van der Waals surface area contributed by atoms with Gasteiger partial charge in [-0.15, -0.1) is 0 Å². The van der Waals surface area contributed by atoms with E-state index in [1.807, 2.05) is 4.90 Å². The summed E-state index contributed by atoms with van der Waals surface area (Å²) in [7, 11) is 1.65. The van der Waals surface area contributed by atoms with E-state index in [0.29, 0.717) is 24.5 Å². The van der Waals surface area contributed by atoms with Crippen LogP contribution in [0.3, 0.4) is 0 Å². The molecule has 1 aliphatic carbocycles. The summed E-state index contributed by atoms with van der Waals surface area (Å²) in [6, 6.07) is 5.64. The number of hydrogen-bond acceptors (Lipinski definition) is 6. The smallest absolute Gasteiger partial charge is 0.316 e. The predicted molar refractivity (Wildman–Crippen MR) is 111 cm³/mol. The Bertz CT molecular complexity index is 1080. The van der Waals surface area contributed by atoms with Crippen molar-refractivity contribution in [3.63, 3.8) is 0 Å². The second kappa shape index (κ2) is 8.52. The van der Waals surface area contributed by atoms with Crippen LogP contribution in [0.15, 0.2) is 35.3 Å². The molecule has 2 heterocycles. The van der Waals surface area contributed by atoms with Gasteiger partial charge in [-0.1, -0.05) is 6.07 Å². The molecule has 2 fully saturated rings. The number of ether oxygens (including phenoxy) is 1. The second-order valence-electron chi connectivity index (χ2n) is 7.41. The Morgan fingerprint density at radius 2 is 1.83 bits per heavy atom. The van der Waals surface area contributed by atoms with E-state index in [1.165, 1.54) is 28.7 Å². The zero-order chi connectivity index (χ0) is 21.3. The van der Waals surface area contributed by atoms with E-state index in [1.54, 1.807) is 6.07 Å². The Labute approximate surface area is 178 Å². The molecule has 8 nitrogen and oxygen atoms in total. The molecule has 1 aromatic carbocycles. The highest BCUT2D eigenvalue weighted by Crippen LogP contribution is 2.30. The maximum absolute atomic E-state index is 13.7. The molecule has 0 amide bonds. The number of halogens is 2. The third-order valence-electron chi connectivity index (χ3n) is 5.44. The van der Waals surface area contributed by atoms with Gasteiger partial charge in [0.25, 0.3) is 9.24 Å². The largest absolute Gasteiger partial charge is 0.483 e. The van der Waals surface area contributed by atoms with Crippen LogP contribution in [0.5, 0.6) is 5.75 Å². The standard InChI is InChI=1S/C19H22ClFN4O4S/c20-30(27,28)24-10-8-23(9-11-24)17-13-22-25(15-5-3-4-14(21)12-15)19(26)18(17)29-16-6-1-2-7-16/h3-5,12-13,16H,1-2,6-11H2. The van der Waals surface area contributed by atoms with Gasteiger partial charge in [-0.3, -0.25) is 4.79 Å². The lowest BCUT2D eigenvalue weighted by Crippen LogP contribution is -2.48. The van der Waals surface area contributed by atoms with E-state index >= 15 is 0 Å². The van der Waals surface area contributed by atoms with Crippen molar-refractivity contribution < 1.29 is 17.5 Å². The third-order valence-corrected chi connectivity index (χ3v) is 7.01. The van der Waals surface area contributed by atoms with E-state index in [2.05, 4.69) is 5.10 Å². The highest BCUT2D eigenvalue weighted by Gasteiger charge is 2.29. The maximum Gasteiger partial charge on any atom is 0.316 e. The van der Waals surface area contributed by atoms with Crippen LogP contribution in [0.1, 0.15) is 25.7 Å². The number of rotatable bonds is 5. The Balaban J connectivity index is 1.69. The molecule has 2 aliphatic rings. The molecule has 11 heteroatoms. The molecule has 1 aliphatic heterocycles. The minimum Gasteiger partial charge on any atom is -0.483 e. The van der Waals surface area contributed by atoms with Crippen molar-refractivity contribution in [3.05, 3.63) is 46.6 Å². The molecule has 1 saturated heterocycles. The van der Waals surface area contributed by atoms with Crippen molar-refractivity contribution >= 4 is 25.6 Å². The number of hydrogen-bond donors (Lipinski definition) is 0. The quantitative estimate of drug-likeness (QED) is 0.642. The number of aromatic nitrogens is 2. The van der Waals surface area contributed by atoms with Gasteiger partial charge >= 0.3 is 5.56 Å². The molecule has 0 unspecified atom stereocenters. The van der Waals surface area contributed by atoms with Gasteiger partial charge in [0.05, 0.1) is 18.0 Å². The lowest BCUT2D eigenvalue weighted by molar-refractivity contribution is 0.205.